The summed E-state index contributed by atoms with van der Waals surface area (Å²) < 4.78 is 54.4. The Balaban J connectivity index is 1.44. The molecule has 1 aromatic carbocycles. The van der Waals surface area contributed by atoms with Crippen molar-refractivity contribution in [3.63, 3.8) is 0 Å². The molecule has 4 heterocycles. The molecule has 0 N–H and O–H groups in total. The molecule has 2 aliphatic heterocycles. The molecule has 0 atom stereocenters. The fourth-order valence-electron chi connectivity index (χ4n) is 4.67. The summed E-state index contributed by atoms with van der Waals surface area (Å²) in [6, 6.07) is 8.18. The second-order valence-electron chi connectivity index (χ2n) is 9.29. The van der Waals surface area contributed by atoms with Crippen LogP contribution < -0.4 is 4.90 Å². The molecule has 36 heavy (non-hydrogen) atoms. The summed E-state index contributed by atoms with van der Waals surface area (Å²) >= 11 is 0. The normalized spacial score (nSPS) is 17.3. The van der Waals surface area contributed by atoms with Crippen LogP contribution >= 0.6 is 0 Å². The van der Waals surface area contributed by atoms with Gasteiger partial charge in [0, 0.05) is 61.8 Å². The van der Waals surface area contributed by atoms with Crippen LogP contribution in [-0.4, -0.2) is 58.8 Å². The zero-order chi connectivity index (χ0) is 25.7. The minimum absolute atomic E-state index is 0.0506. The first-order valence-electron chi connectivity index (χ1n) is 11.9. The Morgan fingerprint density at radius 2 is 1.86 bits per heavy atom. The predicted octanol–water partition coefficient (Wildman–Crippen LogP) is 3.76. The smallest absolute Gasteiger partial charge is 0.256 e. The van der Waals surface area contributed by atoms with Crippen LogP contribution in [0.5, 0.6) is 0 Å². The monoisotopic (exact) mass is 515 g/mol. The minimum atomic E-state index is -3.56. The number of carbonyl (C=O) groups excluding carboxylic acids is 1. The van der Waals surface area contributed by atoms with E-state index < -0.39 is 15.8 Å². The quantitative estimate of drug-likeness (QED) is 0.514. The molecule has 0 bridgehead atoms. The molecular formula is C25H27F2N5O3S. The second kappa shape index (κ2) is 8.95. The van der Waals surface area contributed by atoms with Crippen LogP contribution in [0.15, 0.2) is 47.6 Å². The first-order valence-corrected chi connectivity index (χ1v) is 13.5. The summed E-state index contributed by atoms with van der Waals surface area (Å²) in [6.45, 7) is 4.21. The van der Waals surface area contributed by atoms with Crippen LogP contribution in [-0.2, 0) is 22.9 Å². The van der Waals surface area contributed by atoms with Crippen LogP contribution in [0, 0.1) is 6.92 Å². The molecule has 2 aliphatic rings. The number of halogens is 2. The molecule has 5 rings (SSSR count). The number of anilines is 1. The van der Waals surface area contributed by atoms with Crippen LogP contribution in [0.2, 0.25) is 0 Å². The van der Waals surface area contributed by atoms with E-state index in [9.17, 15) is 22.0 Å². The third-order valence-electron chi connectivity index (χ3n) is 6.78. The molecule has 3 aromatic rings. The molecule has 8 nitrogen and oxygen atoms in total. The van der Waals surface area contributed by atoms with Gasteiger partial charge in [-0.2, -0.15) is 5.10 Å². The molecule has 0 radical (unpaired) electrons. The summed E-state index contributed by atoms with van der Waals surface area (Å²) in [7, 11) is -3.56. The van der Waals surface area contributed by atoms with Crippen LogP contribution in [0.4, 0.5) is 14.5 Å². The maximum absolute atomic E-state index is 13.8. The highest BCUT2D eigenvalue weighted by Crippen LogP contribution is 2.35. The van der Waals surface area contributed by atoms with Gasteiger partial charge < -0.3 is 9.80 Å². The minimum Gasteiger partial charge on any atom is -0.370 e. The lowest BCUT2D eigenvalue weighted by Crippen LogP contribution is -2.40. The molecule has 0 saturated carbocycles. The topological polar surface area (TPSA) is 88.4 Å². The predicted molar refractivity (Wildman–Crippen MR) is 130 cm³/mol. The number of piperidine rings is 1. The van der Waals surface area contributed by atoms with Gasteiger partial charge in [0.1, 0.15) is 0 Å². The van der Waals surface area contributed by atoms with E-state index in [-0.39, 0.29) is 54.6 Å². The van der Waals surface area contributed by atoms with Gasteiger partial charge in [0.15, 0.2) is 9.84 Å². The average molecular weight is 516 g/mol. The fourth-order valence-corrected chi connectivity index (χ4v) is 5.58. The number of aromatic nitrogens is 3. The van der Waals surface area contributed by atoms with Gasteiger partial charge in [0.25, 0.3) is 11.8 Å². The number of amides is 1. The Morgan fingerprint density at radius 3 is 2.53 bits per heavy atom. The van der Waals surface area contributed by atoms with E-state index in [0.29, 0.717) is 12.2 Å². The Labute approximate surface area is 208 Å². The van der Waals surface area contributed by atoms with Crippen molar-refractivity contribution in [1.82, 2.24) is 19.7 Å². The van der Waals surface area contributed by atoms with Crippen LogP contribution in [0.3, 0.4) is 0 Å². The molecule has 1 saturated heterocycles. The highest BCUT2D eigenvalue weighted by molar-refractivity contribution is 7.91. The lowest BCUT2D eigenvalue weighted by molar-refractivity contribution is -0.0220. The highest BCUT2D eigenvalue weighted by Gasteiger charge is 2.36. The number of rotatable bonds is 5. The summed E-state index contributed by atoms with van der Waals surface area (Å²) in [5.41, 5.74) is 4.08. The van der Waals surface area contributed by atoms with Gasteiger partial charge in [-0.3, -0.25) is 9.78 Å². The average Bonchev–Trinajstić information content (AvgIpc) is 3.43. The Bertz CT molecular complexity index is 1400. The third kappa shape index (κ3) is 4.59. The number of pyridine rings is 1. The lowest BCUT2D eigenvalue weighted by Gasteiger charge is -2.35. The SMILES string of the molecule is CCS(=O)(=O)c1ccc(N2CCC(F)(F)CC2)c(C(=O)N2Cc3cn(-c4ccnc(C)c4)nc3C2)c1. The molecule has 0 aliphatic carbocycles. The van der Waals surface area contributed by atoms with Gasteiger partial charge in [-0.05, 0) is 37.3 Å². The van der Waals surface area contributed by atoms with Crippen molar-refractivity contribution in [2.45, 2.75) is 50.6 Å². The Morgan fingerprint density at radius 1 is 1.11 bits per heavy atom. The molecular weight excluding hydrogens is 488 g/mol. The van der Waals surface area contributed by atoms with Crippen molar-refractivity contribution in [3.05, 3.63) is 65.2 Å². The molecule has 0 unspecified atom stereocenters. The van der Waals surface area contributed by atoms with Crippen molar-refractivity contribution in [3.8, 4) is 5.69 Å². The maximum Gasteiger partial charge on any atom is 0.256 e. The Kier molecular flexibility index (Phi) is 6.06. The zero-order valence-electron chi connectivity index (χ0n) is 20.1. The first-order chi connectivity index (χ1) is 17.1. The van der Waals surface area contributed by atoms with E-state index in [1.165, 1.54) is 12.1 Å². The molecule has 11 heteroatoms. The van der Waals surface area contributed by atoms with Gasteiger partial charge in [0.2, 0.25) is 0 Å². The summed E-state index contributed by atoms with van der Waals surface area (Å²) in [5.74, 6) is -3.18. The standard InChI is InChI=1S/C25H27F2N5O3S/c1-3-36(34,35)20-4-5-23(30-10-7-25(26,27)8-11-30)21(13-20)24(33)31-14-18-15-32(29-22(18)16-31)19-6-9-28-17(2)12-19/h4-6,9,12-13,15H,3,7-8,10-11,14,16H2,1-2H3. The number of fused-ring (bicyclic) bond motifs is 1. The number of aryl methyl sites for hydroxylation is 1. The molecule has 1 fully saturated rings. The number of hydrogen-bond acceptors (Lipinski definition) is 6. The Hall–Kier alpha value is -3.34. The van der Waals surface area contributed by atoms with Crippen molar-refractivity contribution < 1.29 is 22.0 Å². The zero-order valence-corrected chi connectivity index (χ0v) is 20.9. The first kappa shape index (κ1) is 24.4. The van der Waals surface area contributed by atoms with Crippen LogP contribution in [0.25, 0.3) is 5.69 Å². The number of carbonyl (C=O) groups is 1. The van der Waals surface area contributed by atoms with Gasteiger partial charge >= 0.3 is 0 Å². The number of sulfone groups is 1. The third-order valence-corrected chi connectivity index (χ3v) is 8.52. The number of benzene rings is 1. The largest absolute Gasteiger partial charge is 0.370 e. The number of nitrogens with zero attached hydrogens (tertiary/aromatic N) is 5. The molecule has 1 amide bonds. The van der Waals surface area contributed by atoms with Gasteiger partial charge in [-0.25, -0.2) is 21.9 Å². The van der Waals surface area contributed by atoms with Crippen LogP contribution in [0.1, 0.15) is 47.1 Å². The molecule has 190 valence electrons. The van der Waals surface area contributed by atoms with E-state index in [1.807, 2.05) is 25.3 Å². The lowest BCUT2D eigenvalue weighted by atomic mass is 10.0. The number of alkyl halides is 2. The van der Waals surface area contributed by atoms with Crippen molar-refractivity contribution in [1.29, 1.82) is 0 Å². The summed E-state index contributed by atoms with van der Waals surface area (Å²) in [5, 5.41) is 4.63. The maximum atomic E-state index is 13.8. The summed E-state index contributed by atoms with van der Waals surface area (Å²) in [4.78, 5) is 21.3. The molecule has 2 aromatic heterocycles. The van der Waals surface area contributed by atoms with Crippen molar-refractivity contribution in [2.75, 3.05) is 23.7 Å². The second-order valence-corrected chi connectivity index (χ2v) is 11.6. The van der Waals surface area contributed by atoms with Gasteiger partial charge in [0.05, 0.1) is 34.1 Å². The van der Waals surface area contributed by atoms with E-state index in [2.05, 4.69) is 10.1 Å². The van der Waals surface area contributed by atoms with Crippen molar-refractivity contribution >= 4 is 21.4 Å². The van der Waals surface area contributed by atoms with Gasteiger partial charge in [-0.1, -0.05) is 6.92 Å². The highest BCUT2D eigenvalue weighted by atomic mass is 32.2. The van der Waals surface area contributed by atoms with E-state index in [0.717, 1.165) is 22.6 Å². The van der Waals surface area contributed by atoms with E-state index in [4.69, 9.17) is 0 Å². The van der Waals surface area contributed by atoms with Crippen molar-refractivity contribution in [2.24, 2.45) is 0 Å². The molecule has 0 spiro atoms. The van der Waals surface area contributed by atoms with Gasteiger partial charge in [-0.15, -0.1) is 0 Å². The number of hydrogen-bond donors (Lipinski definition) is 0. The van der Waals surface area contributed by atoms with E-state index in [1.54, 1.807) is 33.7 Å². The fraction of sp³-hybridized carbons (Fsp3) is 0.400. The summed E-state index contributed by atoms with van der Waals surface area (Å²) in [6.07, 6.45) is 2.96. The van der Waals surface area contributed by atoms with E-state index >= 15 is 0 Å².